The average Bonchev–Trinajstić information content (AvgIpc) is 2.09. The first kappa shape index (κ1) is 14.2. The zero-order chi connectivity index (χ0) is 12.1. The van der Waals surface area contributed by atoms with Gasteiger partial charge >= 0.3 is 6.18 Å². The zero-order valence-corrected chi connectivity index (χ0v) is 8.67. The maximum atomic E-state index is 12.2. The van der Waals surface area contributed by atoms with Crippen LogP contribution in [0, 0.1) is 23.2 Å². The maximum absolute atomic E-state index is 12.2. The second-order valence-electron chi connectivity index (χ2n) is 3.66. The van der Waals surface area contributed by atoms with Crippen LogP contribution in [0.15, 0.2) is 0 Å². The predicted octanol–water partition coefficient (Wildman–Crippen LogP) is 1.29. The van der Waals surface area contributed by atoms with E-state index in [9.17, 15) is 13.2 Å². The van der Waals surface area contributed by atoms with E-state index in [2.05, 4.69) is 5.32 Å². The molecule has 0 aliphatic rings. The lowest BCUT2D eigenvalue weighted by Crippen LogP contribution is -2.42. The van der Waals surface area contributed by atoms with Crippen molar-refractivity contribution in [3.8, 4) is 6.07 Å². The Bertz CT molecular complexity index is 222. The summed E-state index contributed by atoms with van der Waals surface area (Å²) in [5, 5.41) is 19.7. The third-order valence-electron chi connectivity index (χ3n) is 2.14. The van der Waals surface area contributed by atoms with Gasteiger partial charge in [-0.05, 0) is 5.92 Å². The van der Waals surface area contributed by atoms with Crippen molar-refractivity contribution in [1.82, 2.24) is 5.32 Å². The van der Waals surface area contributed by atoms with Gasteiger partial charge in [-0.1, -0.05) is 13.8 Å². The molecular weight excluding hydrogens is 209 g/mol. The Kier molecular flexibility index (Phi) is 5.61. The van der Waals surface area contributed by atoms with Gasteiger partial charge in [0.05, 0.1) is 12.7 Å². The molecule has 0 saturated carbocycles. The summed E-state index contributed by atoms with van der Waals surface area (Å²) in [5.41, 5.74) is 0. The van der Waals surface area contributed by atoms with Crippen molar-refractivity contribution < 1.29 is 18.3 Å². The third kappa shape index (κ3) is 5.00. The van der Waals surface area contributed by atoms with Crippen LogP contribution in [0.4, 0.5) is 13.2 Å². The fraction of sp³-hybridized carbons (Fsp3) is 0.889. The van der Waals surface area contributed by atoms with Crippen molar-refractivity contribution in [2.75, 3.05) is 13.2 Å². The van der Waals surface area contributed by atoms with Crippen LogP contribution < -0.4 is 5.32 Å². The van der Waals surface area contributed by atoms with E-state index in [0.717, 1.165) is 0 Å². The predicted molar refractivity (Wildman–Crippen MR) is 48.9 cm³/mol. The second-order valence-corrected chi connectivity index (χ2v) is 3.66. The van der Waals surface area contributed by atoms with Gasteiger partial charge in [0, 0.05) is 12.6 Å². The number of alkyl halides is 3. The van der Waals surface area contributed by atoms with E-state index in [1.807, 2.05) is 0 Å². The van der Waals surface area contributed by atoms with Crippen molar-refractivity contribution in [1.29, 1.82) is 5.26 Å². The number of rotatable bonds is 5. The van der Waals surface area contributed by atoms with E-state index in [1.54, 1.807) is 13.8 Å². The van der Waals surface area contributed by atoms with Crippen LogP contribution in [0.1, 0.15) is 13.8 Å². The van der Waals surface area contributed by atoms with Crippen molar-refractivity contribution in [2.24, 2.45) is 11.8 Å². The molecule has 0 aliphatic heterocycles. The summed E-state index contributed by atoms with van der Waals surface area (Å²) in [7, 11) is 0. The van der Waals surface area contributed by atoms with Gasteiger partial charge in [-0.25, -0.2) is 0 Å². The van der Waals surface area contributed by atoms with Gasteiger partial charge in [-0.3, -0.25) is 0 Å². The largest absolute Gasteiger partial charge is 0.405 e. The summed E-state index contributed by atoms with van der Waals surface area (Å²) in [6.45, 7) is 2.84. The van der Waals surface area contributed by atoms with E-state index >= 15 is 0 Å². The van der Waals surface area contributed by atoms with Crippen molar-refractivity contribution >= 4 is 0 Å². The Balaban J connectivity index is 4.18. The molecule has 0 fully saturated rings. The number of nitrogens with one attached hydrogen (secondary N) is 1. The first-order valence-electron chi connectivity index (χ1n) is 4.63. The monoisotopic (exact) mass is 224 g/mol. The fourth-order valence-corrected chi connectivity index (χ4v) is 1.01. The Morgan fingerprint density at radius 2 is 1.93 bits per heavy atom. The highest BCUT2D eigenvalue weighted by Crippen LogP contribution is 2.25. The highest BCUT2D eigenvalue weighted by Gasteiger charge is 2.39. The quantitative estimate of drug-likeness (QED) is 0.740. The molecule has 0 saturated heterocycles. The van der Waals surface area contributed by atoms with Crippen LogP contribution in [-0.4, -0.2) is 30.5 Å². The molecule has 0 bridgehead atoms. The standard InChI is InChI=1S/C9H15F3N2O/c1-6(2)8(5-15)14-4-7(3-13)9(10,11)12/h6-8,14-15H,4-5H2,1-2H3. The van der Waals surface area contributed by atoms with E-state index in [0.29, 0.717) is 0 Å². The van der Waals surface area contributed by atoms with Crippen molar-refractivity contribution in [3.63, 3.8) is 0 Å². The van der Waals surface area contributed by atoms with E-state index in [4.69, 9.17) is 10.4 Å². The van der Waals surface area contributed by atoms with Gasteiger partial charge in [0.2, 0.25) is 0 Å². The van der Waals surface area contributed by atoms with Gasteiger partial charge in [0.25, 0.3) is 0 Å². The molecule has 0 amide bonds. The molecule has 0 aromatic rings. The number of hydrogen-bond acceptors (Lipinski definition) is 3. The van der Waals surface area contributed by atoms with Gasteiger partial charge < -0.3 is 10.4 Å². The SMILES string of the molecule is CC(C)C(CO)NCC(C#N)C(F)(F)F. The third-order valence-corrected chi connectivity index (χ3v) is 2.14. The molecular formula is C9H15F3N2O. The molecule has 3 nitrogen and oxygen atoms in total. The van der Waals surface area contributed by atoms with Crippen molar-refractivity contribution in [3.05, 3.63) is 0 Å². The Hall–Kier alpha value is -0.800. The summed E-state index contributed by atoms with van der Waals surface area (Å²) in [5.74, 6) is -2.01. The Morgan fingerprint density at radius 3 is 2.20 bits per heavy atom. The summed E-state index contributed by atoms with van der Waals surface area (Å²) in [6, 6.07) is 0.778. The summed E-state index contributed by atoms with van der Waals surface area (Å²) in [6.07, 6.45) is -4.52. The molecule has 2 unspecified atom stereocenters. The second kappa shape index (κ2) is 5.93. The fourth-order valence-electron chi connectivity index (χ4n) is 1.01. The number of halogens is 3. The average molecular weight is 224 g/mol. The van der Waals surface area contributed by atoms with Crippen LogP contribution in [0.25, 0.3) is 0 Å². The first-order chi connectivity index (χ1) is 6.82. The molecule has 0 heterocycles. The molecule has 2 atom stereocenters. The summed E-state index contributed by atoms with van der Waals surface area (Å²) in [4.78, 5) is 0. The molecule has 88 valence electrons. The molecule has 0 aromatic heterocycles. The number of aliphatic hydroxyl groups is 1. The Labute approximate surface area is 86.9 Å². The topological polar surface area (TPSA) is 56.0 Å². The van der Waals surface area contributed by atoms with E-state index in [1.165, 1.54) is 6.07 Å². The van der Waals surface area contributed by atoms with Crippen LogP contribution in [0.5, 0.6) is 0 Å². The molecule has 0 radical (unpaired) electrons. The van der Waals surface area contributed by atoms with Crippen LogP contribution in [-0.2, 0) is 0 Å². The van der Waals surface area contributed by atoms with Gasteiger partial charge in [-0.2, -0.15) is 18.4 Å². The van der Waals surface area contributed by atoms with Gasteiger partial charge in [0.15, 0.2) is 5.92 Å². The molecule has 0 rings (SSSR count). The molecule has 15 heavy (non-hydrogen) atoms. The number of hydrogen-bond donors (Lipinski definition) is 2. The minimum absolute atomic E-state index is 0.0163. The highest BCUT2D eigenvalue weighted by molar-refractivity contribution is 4.90. The minimum atomic E-state index is -4.52. The molecule has 0 aromatic carbocycles. The number of nitriles is 1. The first-order valence-corrected chi connectivity index (χ1v) is 4.63. The van der Waals surface area contributed by atoms with E-state index in [-0.39, 0.29) is 12.5 Å². The Morgan fingerprint density at radius 1 is 1.40 bits per heavy atom. The van der Waals surface area contributed by atoms with Crippen LogP contribution >= 0.6 is 0 Å². The van der Waals surface area contributed by atoms with E-state index < -0.39 is 24.7 Å². The molecule has 2 N–H and O–H groups in total. The normalized spacial score (nSPS) is 16.1. The zero-order valence-electron chi connectivity index (χ0n) is 8.67. The molecule has 0 aliphatic carbocycles. The smallest absolute Gasteiger partial charge is 0.395 e. The lowest BCUT2D eigenvalue weighted by atomic mass is 10.0. The molecule has 0 spiro atoms. The maximum Gasteiger partial charge on any atom is 0.405 e. The summed E-state index contributed by atoms with van der Waals surface area (Å²) < 4.78 is 36.5. The number of nitrogens with zero attached hydrogens (tertiary/aromatic N) is 1. The van der Waals surface area contributed by atoms with Crippen LogP contribution in [0.2, 0.25) is 0 Å². The van der Waals surface area contributed by atoms with Gasteiger partial charge in [-0.15, -0.1) is 0 Å². The lowest BCUT2D eigenvalue weighted by molar-refractivity contribution is -0.158. The minimum Gasteiger partial charge on any atom is -0.395 e. The number of aliphatic hydroxyl groups excluding tert-OH is 1. The van der Waals surface area contributed by atoms with Crippen molar-refractivity contribution in [2.45, 2.75) is 26.1 Å². The lowest BCUT2D eigenvalue weighted by Gasteiger charge is -2.22. The summed E-state index contributed by atoms with van der Waals surface area (Å²) >= 11 is 0. The van der Waals surface area contributed by atoms with Crippen LogP contribution in [0.3, 0.4) is 0 Å². The highest BCUT2D eigenvalue weighted by atomic mass is 19.4. The van der Waals surface area contributed by atoms with Gasteiger partial charge in [0.1, 0.15) is 0 Å². The molecule has 6 heteroatoms.